The summed E-state index contributed by atoms with van der Waals surface area (Å²) in [5.41, 5.74) is 3.15. The van der Waals surface area contributed by atoms with E-state index in [4.69, 9.17) is 0 Å². The van der Waals surface area contributed by atoms with Gasteiger partial charge in [0.1, 0.15) is 0 Å². The Morgan fingerprint density at radius 2 is 1.18 bits per heavy atom. The predicted octanol–water partition coefficient (Wildman–Crippen LogP) is 9.13. The van der Waals surface area contributed by atoms with E-state index >= 15 is 0 Å². The van der Waals surface area contributed by atoms with Crippen molar-refractivity contribution < 1.29 is 0 Å². The van der Waals surface area contributed by atoms with E-state index in [1.54, 1.807) is 59.2 Å². The summed E-state index contributed by atoms with van der Waals surface area (Å²) in [7, 11) is 0. The zero-order valence-electron chi connectivity index (χ0n) is 21.7. The van der Waals surface area contributed by atoms with Gasteiger partial charge in [0, 0.05) is 0 Å². The summed E-state index contributed by atoms with van der Waals surface area (Å²) < 4.78 is 14.2. The molecule has 3 heterocycles. The second kappa shape index (κ2) is 14.5. The zero-order valence-corrected chi connectivity index (χ0v) is 29.1. The molecule has 3 aromatic heterocycles. The molecule has 33 heavy (non-hydrogen) atoms. The van der Waals surface area contributed by atoms with E-state index in [0.29, 0.717) is 0 Å². The predicted molar refractivity (Wildman–Crippen MR) is 158 cm³/mol. The Labute approximate surface area is 229 Å². The van der Waals surface area contributed by atoms with Crippen LogP contribution in [0.3, 0.4) is 0 Å². The van der Waals surface area contributed by atoms with Crippen molar-refractivity contribution in [2.45, 2.75) is 125 Å². The summed E-state index contributed by atoms with van der Waals surface area (Å²) in [5.74, 6) is 0. The normalized spacial score (nSPS) is 12.5. The van der Waals surface area contributed by atoms with E-state index in [1.165, 1.54) is 83.6 Å². The molecule has 0 aliphatic carbocycles. The van der Waals surface area contributed by atoms with Crippen LogP contribution < -0.4 is 5.79 Å². The van der Waals surface area contributed by atoms with Crippen LogP contribution in [0.2, 0.25) is 13.3 Å². The Balaban J connectivity index is 1.96. The van der Waals surface area contributed by atoms with Gasteiger partial charge in [-0.05, 0) is 0 Å². The van der Waals surface area contributed by atoms with Crippen molar-refractivity contribution in [1.82, 2.24) is 4.57 Å². The molecule has 183 valence electrons. The number of thiophene rings is 2. The Hall–Kier alpha value is 0.797. The fraction of sp³-hybridized carbons (Fsp3) is 0.714. The molecule has 0 aromatic carbocycles. The van der Waals surface area contributed by atoms with Gasteiger partial charge < -0.3 is 0 Å². The summed E-state index contributed by atoms with van der Waals surface area (Å²) in [6.07, 6.45) is 16.8. The molecule has 0 N–H and O–H groups in total. The number of rotatable bonds is 17. The number of aryl methyl sites for hydroxylation is 1. The van der Waals surface area contributed by atoms with Crippen LogP contribution in [0, 0.1) is 0 Å². The third-order valence-electron chi connectivity index (χ3n) is 7.50. The van der Waals surface area contributed by atoms with Gasteiger partial charge in [0.05, 0.1) is 0 Å². The van der Waals surface area contributed by atoms with E-state index in [9.17, 15) is 0 Å². The minimum atomic E-state index is -2.36. The van der Waals surface area contributed by atoms with Crippen LogP contribution in [0.4, 0.5) is 0 Å². The summed E-state index contributed by atoms with van der Waals surface area (Å²) in [6.45, 7) is 10.7. The first-order chi connectivity index (χ1) is 16.1. The molecule has 1 nitrogen and oxygen atoms in total. The summed E-state index contributed by atoms with van der Waals surface area (Å²) in [6, 6.07) is 5.26. The standard InChI is InChI=1S/C16H19NS2.3C4H9.2Sn/c1-2-3-4-5-6-7-10-17-13-8-11-18-15(13)16-14(17)9-12-19-16;3*1-3-4-2;;/h8-9H,2-7,10H2,1H3;3*1,3-4H2,2H3;;. The van der Waals surface area contributed by atoms with Crippen LogP contribution in [0.25, 0.3) is 20.4 Å². The van der Waals surface area contributed by atoms with E-state index in [0.717, 1.165) is 0 Å². The number of aromatic nitrogens is 1. The van der Waals surface area contributed by atoms with E-state index < -0.39 is 18.4 Å². The van der Waals surface area contributed by atoms with Gasteiger partial charge in [-0.15, -0.1) is 0 Å². The molecule has 0 unspecified atom stereocenters. The monoisotopic (exact) mass is 700 g/mol. The van der Waals surface area contributed by atoms with Crippen molar-refractivity contribution in [2.75, 3.05) is 0 Å². The second-order valence-electron chi connectivity index (χ2n) is 10.2. The molecular weight excluding hydrogens is 652 g/mol. The molecule has 0 aliphatic heterocycles. The van der Waals surface area contributed by atoms with Crippen LogP contribution in [0.1, 0.15) is 105 Å². The van der Waals surface area contributed by atoms with E-state index in [1.807, 2.05) is 2.89 Å². The van der Waals surface area contributed by atoms with Gasteiger partial charge in [-0.1, -0.05) is 0 Å². The van der Waals surface area contributed by atoms with Crippen LogP contribution >= 0.6 is 22.7 Å². The molecule has 3 aromatic rings. The topological polar surface area (TPSA) is 4.93 Å². The van der Waals surface area contributed by atoms with Crippen LogP contribution in [0.5, 0.6) is 0 Å². The van der Waals surface area contributed by atoms with Gasteiger partial charge in [0.25, 0.3) is 0 Å². The minimum absolute atomic E-state index is 1.22. The number of nitrogens with zero attached hydrogens (tertiary/aromatic N) is 1. The first kappa shape index (κ1) is 28.4. The Morgan fingerprint density at radius 3 is 1.79 bits per heavy atom. The molecule has 0 spiro atoms. The molecule has 0 amide bonds. The average molecular weight is 698 g/mol. The molecule has 0 fully saturated rings. The average Bonchev–Trinajstić information content (AvgIpc) is 3.48. The molecule has 5 heteroatoms. The van der Waals surface area contributed by atoms with Gasteiger partial charge in [-0.2, -0.15) is 0 Å². The molecule has 0 saturated carbocycles. The molecule has 3 radical (unpaired) electrons. The van der Waals surface area contributed by atoms with Crippen molar-refractivity contribution in [3.63, 3.8) is 0 Å². The first-order valence-corrected chi connectivity index (χ1v) is 24.4. The SMILES string of the molecule is CCCCCCCCn1c2c[c]([Sn])sc2c2s[c]([Sn]([CH2]CCC)([CH2]CCC)[CH2]CCC)cc21. The first-order valence-electron chi connectivity index (χ1n) is 13.9. The third kappa shape index (κ3) is 7.19. The van der Waals surface area contributed by atoms with Gasteiger partial charge >= 0.3 is 231 Å². The maximum absolute atomic E-state index is 2.75. The van der Waals surface area contributed by atoms with Crippen LogP contribution in [-0.4, -0.2) is 45.5 Å². The van der Waals surface area contributed by atoms with E-state index in [2.05, 4.69) is 67.1 Å². The Morgan fingerprint density at radius 1 is 0.667 bits per heavy atom. The molecule has 0 bridgehead atoms. The van der Waals surface area contributed by atoms with Crippen LogP contribution in [0.15, 0.2) is 12.1 Å². The molecule has 0 aliphatic rings. The van der Waals surface area contributed by atoms with Crippen molar-refractivity contribution in [1.29, 1.82) is 0 Å². The fourth-order valence-corrected chi connectivity index (χ4v) is 28.0. The number of unbranched alkanes of at least 4 members (excludes halogenated alkanes) is 8. The fourth-order valence-electron chi connectivity index (χ4n) is 5.46. The molecular formula is C28H46NS2Sn2. The summed E-state index contributed by atoms with van der Waals surface area (Å²) >= 11 is 3.56. The van der Waals surface area contributed by atoms with Crippen LogP contribution in [-0.2, 0) is 6.54 Å². The number of hydrogen-bond donors (Lipinski definition) is 0. The zero-order chi connectivity index (χ0) is 23.7. The summed E-state index contributed by atoms with van der Waals surface area (Å²) in [5, 5.41) is 0. The Bertz CT molecular complexity index is 946. The van der Waals surface area contributed by atoms with Crippen molar-refractivity contribution in [2.24, 2.45) is 0 Å². The Kier molecular flexibility index (Phi) is 12.5. The van der Waals surface area contributed by atoms with Gasteiger partial charge in [-0.25, -0.2) is 0 Å². The van der Waals surface area contributed by atoms with Crippen molar-refractivity contribution in [3.8, 4) is 0 Å². The second-order valence-corrected chi connectivity index (χ2v) is 29.0. The third-order valence-corrected chi connectivity index (χ3v) is 29.2. The van der Waals surface area contributed by atoms with Crippen molar-refractivity contribution in [3.05, 3.63) is 12.1 Å². The maximum atomic E-state index is 2.75. The van der Waals surface area contributed by atoms with Gasteiger partial charge in [-0.3, -0.25) is 0 Å². The molecule has 3 rings (SSSR count). The summed E-state index contributed by atoms with van der Waals surface area (Å²) in [4.78, 5) is 0. The van der Waals surface area contributed by atoms with Gasteiger partial charge in [0.15, 0.2) is 0 Å². The quantitative estimate of drug-likeness (QED) is 0.0980. The molecule has 0 saturated heterocycles. The van der Waals surface area contributed by atoms with E-state index in [-0.39, 0.29) is 0 Å². The van der Waals surface area contributed by atoms with Crippen molar-refractivity contribution >= 4 is 89.8 Å². The molecule has 0 atom stereocenters. The number of fused-ring (bicyclic) bond motifs is 3. The van der Waals surface area contributed by atoms with Gasteiger partial charge in [0.2, 0.25) is 0 Å². The number of hydrogen-bond acceptors (Lipinski definition) is 2.